The quantitative estimate of drug-likeness (QED) is 0.648. The summed E-state index contributed by atoms with van der Waals surface area (Å²) in [6.07, 6.45) is 4.01. The van der Waals surface area contributed by atoms with Crippen molar-refractivity contribution < 1.29 is 4.74 Å². The summed E-state index contributed by atoms with van der Waals surface area (Å²) in [5, 5.41) is 0. The van der Waals surface area contributed by atoms with Crippen molar-refractivity contribution in [3.05, 3.63) is 0 Å². The van der Waals surface area contributed by atoms with Crippen LogP contribution in [0.15, 0.2) is 0 Å². The summed E-state index contributed by atoms with van der Waals surface area (Å²) in [4.78, 5) is 2.65. The monoisotopic (exact) mass is 183 g/mol. The average molecular weight is 183 g/mol. The standard InChI is InChI=1S/C11H21NO/c1-10(2)7-11(9-13-3)5-4-6-12(11)8-10/h4-9H2,1-3H3. The molecule has 1 atom stereocenters. The molecule has 2 nitrogen and oxygen atoms in total. The Hall–Kier alpha value is -0.0800. The molecule has 0 N–H and O–H groups in total. The molecule has 13 heavy (non-hydrogen) atoms. The van der Waals surface area contributed by atoms with Gasteiger partial charge in [0.2, 0.25) is 0 Å². The van der Waals surface area contributed by atoms with Gasteiger partial charge in [-0.15, -0.1) is 0 Å². The highest BCUT2D eigenvalue weighted by molar-refractivity contribution is 5.06. The zero-order chi connectivity index (χ0) is 9.53. The van der Waals surface area contributed by atoms with E-state index in [0.29, 0.717) is 11.0 Å². The van der Waals surface area contributed by atoms with Crippen molar-refractivity contribution in [2.75, 3.05) is 26.8 Å². The van der Waals surface area contributed by atoms with E-state index in [1.807, 2.05) is 7.11 Å². The van der Waals surface area contributed by atoms with Gasteiger partial charge in [-0.2, -0.15) is 0 Å². The van der Waals surface area contributed by atoms with Gasteiger partial charge < -0.3 is 4.74 Å². The van der Waals surface area contributed by atoms with Gasteiger partial charge in [-0.25, -0.2) is 0 Å². The molecule has 2 aliphatic heterocycles. The fourth-order valence-electron chi connectivity index (χ4n) is 3.39. The Bertz CT molecular complexity index is 202. The molecule has 0 aromatic heterocycles. The van der Waals surface area contributed by atoms with Crippen LogP contribution < -0.4 is 0 Å². The van der Waals surface area contributed by atoms with Crippen molar-refractivity contribution in [2.24, 2.45) is 5.41 Å². The molecule has 76 valence electrons. The van der Waals surface area contributed by atoms with E-state index in [-0.39, 0.29) is 0 Å². The summed E-state index contributed by atoms with van der Waals surface area (Å²) < 4.78 is 5.38. The van der Waals surface area contributed by atoms with Crippen molar-refractivity contribution in [2.45, 2.75) is 38.6 Å². The third-order valence-electron chi connectivity index (χ3n) is 3.58. The van der Waals surface area contributed by atoms with Crippen LogP contribution in [0.5, 0.6) is 0 Å². The first-order valence-electron chi connectivity index (χ1n) is 5.32. The Morgan fingerprint density at radius 3 is 2.85 bits per heavy atom. The molecule has 0 aromatic rings. The van der Waals surface area contributed by atoms with Crippen molar-refractivity contribution >= 4 is 0 Å². The normalized spacial score (nSPS) is 38.1. The Morgan fingerprint density at radius 2 is 2.15 bits per heavy atom. The summed E-state index contributed by atoms with van der Waals surface area (Å²) in [7, 11) is 1.83. The molecule has 2 aliphatic rings. The van der Waals surface area contributed by atoms with Gasteiger partial charge in [0.25, 0.3) is 0 Å². The van der Waals surface area contributed by atoms with Gasteiger partial charge in [-0.3, -0.25) is 4.90 Å². The van der Waals surface area contributed by atoms with E-state index in [4.69, 9.17) is 4.74 Å². The Labute approximate surface area is 81.3 Å². The molecule has 0 spiro atoms. The van der Waals surface area contributed by atoms with Gasteiger partial charge in [0.1, 0.15) is 0 Å². The molecule has 2 fully saturated rings. The number of rotatable bonds is 2. The molecular formula is C11H21NO. The third-order valence-corrected chi connectivity index (χ3v) is 3.58. The van der Waals surface area contributed by atoms with Gasteiger partial charge >= 0.3 is 0 Å². The number of ether oxygens (including phenoxy) is 1. The maximum absolute atomic E-state index is 5.38. The second-order valence-electron chi connectivity index (χ2n) is 5.52. The van der Waals surface area contributed by atoms with E-state index in [9.17, 15) is 0 Å². The van der Waals surface area contributed by atoms with Crippen LogP contribution in [0.2, 0.25) is 0 Å². The van der Waals surface area contributed by atoms with Crippen LogP contribution in [-0.4, -0.2) is 37.2 Å². The van der Waals surface area contributed by atoms with E-state index < -0.39 is 0 Å². The van der Waals surface area contributed by atoms with E-state index in [1.54, 1.807) is 0 Å². The number of hydrogen-bond acceptors (Lipinski definition) is 2. The summed E-state index contributed by atoms with van der Waals surface area (Å²) in [6.45, 7) is 8.23. The first kappa shape index (κ1) is 9.47. The molecule has 0 aromatic carbocycles. The molecule has 2 saturated heterocycles. The van der Waals surface area contributed by atoms with Crippen molar-refractivity contribution in [1.82, 2.24) is 4.90 Å². The lowest BCUT2D eigenvalue weighted by Gasteiger charge is -2.31. The minimum absolute atomic E-state index is 0.401. The molecule has 0 aliphatic carbocycles. The summed E-state index contributed by atoms with van der Waals surface area (Å²) in [6, 6.07) is 0. The van der Waals surface area contributed by atoms with Gasteiger partial charge in [0.15, 0.2) is 0 Å². The zero-order valence-electron chi connectivity index (χ0n) is 9.10. The fraction of sp³-hybridized carbons (Fsp3) is 1.00. The van der Waals surface area contributed by atoms with Crippen molar-refractivity contribution in [3.63, 3.8) is 0 Å². The number of fused-ring (bicyclic) bond motifs is 1. The first-order valence-corrected chi connectivity index (χ1v) is 5.32. The van der Waals surface area contributed by atoms with Crippen LogP contribution >= 0.6 is 0 Å². The maximum Gasteiger partial charge on any atom is 0.0646 e. The molecule has 2 heteroatoms. The highest BCUT2D eigenvalue weighted by Gasteiger charge is 2.51. The molecule has 1 unspecified atom stereocenters. The predicted molar refractivity (Wildman–Crippen MR) is 53.8 cm³/mol. The van der Waals surface area contributed by atoms with Gasteiger partial charge in [-0.05, 0) is 31.2 Å². The Morgan fingerprint density at radius 1 is 1.38 bits per heavy atom. The van der Waals surface area contributed by atoms with Crippen LogP contribution in [0, 0.1) is 5.41 Å². The molecule has 0 amide bonds. The summed E-state index contributed by atoms with van der Waals surface area (Å²) in [5.41, 5.74) is 0.900. The molecule has 2 heterocycles. The van der Waals surface area contributed by atoms with Gasteiger partial charge in [0.05, 0.1) is 6.61 Å². The molecule has 0 saturated carbocycles. The zero-order valence-corrected chi connectivity index (χ0v) is 9.10. The maximum atomic E-state index is 5.38. The highest BCUT2D eigenvalue weighted by atomic mass is 16.5. The third kappa shape index (κ3) is 1.50. The van der Waals surface area contributed by atoms with E-state index in [1.165, 1.54) is 32.4 Å². The molecular weight excluding hydrogens is 162 g/mol. The number of methoxy groups -OCH3 is 1. The van der Waals surface area contributed by atoms with E-state index >= 15 is 0 Å². The van der Waals surface area contributed by atoms with Crippen LogP contribution in [-0.2, 0) is 4.74 Å². The fourth-order valence-corrected chi connectivity index (χ4v) is 3.39. The van der Waals surface area contributed by atoms with Crippen LogP contribution in [0.1, 0.15) is 33.1 Å². The highest BCUT2D eigenvalue weighted by Crippen LogP contribution is 2.47. The molecule has 2 rings (SSSR count). The van der Waals surface area contributed by atoms with E-state index in [0.717, 1.165) is 6.61 Å². The Kier molecular flexibility index (Phi) is 2.16. The SMILES string of the molecule is COCC12CCCN1CC(C)(C)C2. The minimum Gasteiger partial charge on any atom is -0.383 e. The van der Waals surface area contributed by atoms with Gasteiger partial charge in [-0.1, -0.05) is 13.8 Å². The number of nitrogens with zero attached hydrogens (tertiary/aromatic N) is 1. The van der Waals surface area contributed by atoms with Crippen molar-refractivity contribution in [3.8, 4) is 0 Å². The molecule has 0 radical (unpaired) electrons. The van der Waals surface area contributed by atoms with Crippen LogP contribution in [0.4, 0.5) is 0 Å². The minimum atomic E-state index is 0.401. The lowest BCUT2D eigenvalue weighted by atomic mass is 9.83. The summed E-state index contributed by atoms with van der Waals surface area (Å²) >= 11 is 0. The lowest BCUT2D eigenvalue weighted by molar-refractivity contribution is 0.0650. The Balaban J connectivity index is 2.15. The van der Waals surface area contributed by atoms with Crippen LogP contribution in [0.3, 0.4) is 0 Å². The van der Waals surface area contributed by atoms with E-state index in [2.05, 4.69) is 18.7 Å². The topological polar surface area (TPSA) is 12.5 Å². The van der Waals surface area contributed by atoms with Crippen LogP contribution in [0.25, 0.3) is 0 Å². The average Bonchev–Trinajstić information content (AvgIpc) is 2.40. The number of hydrogen-bond donors (Lipinski definition) is 0. The van der Waals surface area contributed by atoms with Crippen molar-refractivity contribution in [1.29, 1.82) is 0 Å². The largest absolute Gasteiger partial charge is 0.383 e. The molecule has 0 bridgehead atoms. The lowest BCUT2D eigenvalue weighted by Crippen LogP contribution is -2.42. The smallest absolute Gasteiger partial charge is 0.0646 e. The predicted octanol–water partition coefficient (Wildman–Crippen LogP) is 1.90. The van der Waals surface area contributed by atoms with Gasteiger partial charge in [0, 0.05) is 19.2 Å². The second kappa shape index (κ2) is 2.96. The summed E-state index contributed by atoms with van der Waals surface area (Å²) in [5.74, 6) is 0. The second-order valence-corrected chi connectivity index (χ2v) is 5.52. The first-order chi connectivity index (χ1) is 6.08.